The summed E-state index contributed by atoms with van der Waals surface area (Å²) in [5.41, 5.74) is 0.712. The van der Waals surface area contributed by atoms with E-state index in [4.69, 9.17) is 0 Å². The van der Waals surface area contributed by atoms with Crippen LogP contribution in [0.25, 0.3) is 0 Å². The minimum atomic E-state index is -0.0798. The number of hydrogen-bond acceptors (Lipinski definition) is 3. The van der Waals surface area contributed by atoms with Crippen LogP contribution in [-0.4, -0.2) is 15.8 Å². The average Bonchev–Trinajstić information content (AvgIpc) is 2.34. The first-order chi connectivity index (χ1) is 8.13. The zero-order valence-corrected chi connectivity index (χ0v) is 12.2. The van der Waals surface area contributed by atoms with Gasteiger partial charge in [-0.3, -0.25) is 4.79 Å². The lowest BCUT2D eigenvalue weighted by molar-refractivity contribution is 0.602. The predicted molar refractivity (Wildman–Crippen MR) is 74.5 cm³/mol. The molecule has 0 aliphatic heterocycles. The minimum absolute atomic E-state index is 0.0798. The van der Waals surface area contributed by atoms with Gasteiger partial charge in [0.15, 0.2) is 0 Å². The van der Waals surface area contributed by atoms with Crippen molar-refractivity contribution >= 4 is 21.6 Å². The normalized spacial score (nSPS) is 12.5. The van der Waals surface area contributed by atoms with E-state index in [1.54, 1.807) is 6.20 Å². The molecule has 0 bridgehead atoms. The molecule has 17 heavy (non-hydrogen) atoms. The number of hydrogen-bond donors (Lipinski definition) is 1. The second-order valence-electron chi connectivity index (χ2n) is 4.03. The van der Waals surface area contributed by atoms with Crippen molar-refractivity contribution in [2.45, 2.75) is 52.6 Å². The molecular formula is C12H20BrN3O. The quantitative estimate of drug-likeness (QED) is 0.878. The molecule has 0 aromatic carbocycles. The summed E-state index contributed by atoms with van der Waals surface area (Å²) < 4.78 is 2.01. The molecule has 0 radical (unpaired) electrons. The molecule has 1 atom stereocenters. The Kier molecular flexibility index (Phi) is 5.68. The standard InChI is InChI=1S/C12H20BrN3O/c1-4-7-9(5-2)15-10-8-14-16(6-3)12(17)11(10)13/h8-9,15H,4-7H2,1-3H3. The maximum absolute atomic E-state index is 11.9. The van der Waals surface area contributed by atoms with Crippen LogP contribution < -0.4 is 10.9 Å². The topological polar surface area (TPSA) is 46.9 Å². The van der Waals surface area contributed by atoms with Crippen molar-refractivity contribution in [3.05, 3.63) is 21.0 Å². The summed E-state index contributed by atoms with van der Waals surface area (Å²) in [5, 5.41) is 7.48. The van der Waals surface area contributed by atoms with Crippen molar-refractivity contribution in [3.63, 3.8) is 0 Å². The fourth-order valence-corrected chi connectivity index (χ4v) is 2.16. The van der Waals surface area contributed by atoms with E-state index in [1.807, 2.05) is 6.92 Å². The highest BCUT2D eigenvalue weighted by Crippen LogP contribution is 2.19. The van der Waals surface area contributed by atoms with Crippen LogP contribution in [0, 0.1) is 0 Å². The third-order valence-corrected chi connectivity index (χ3v) is 3.54. The van der Waals surface area contributed by atoms with Gasteiger partial charge < -0.3 is 5.32 Å². The molecule has 0 fully saturated rings. The molecule has 0 saturated carbocycles. The first-order valence-electron chi connectivity index (χ1n) is 6.16. The Morgan fingerprint density at radius 1 is 1.47 bits per heavy atom. The van der Waals surface area contributed by atoms with E-state index in [9.17, 15) is 4.79 Å². The number of halogens is 1. The first kappa shape index (κ1) is 14.2. The van der Waals surface area contributed by atoms with E-state index in [1.165, 1.54) is 4.68 Å². The van der Waals surface area contributed by atoms with Gasteiger partial charge in [0.25, 0.3) is 5.56 Å². The molecule has 0 amide bonds. The van der Waals surface area contributed by atoms with Crippen molar-refractivity contribution in [2.75, 3.05) is 5.32 Å². The average molecular weight is 302 g/mol. The molecule has 0 aliphatic carbocycles. The Morgan fingerprint density at radius 3 is 2.71 bits per heavy atom. The third kappa shape index (κ3) is 3.56. The third-order valence-electron chi connectivity index (χ3n) is 2.77. The Morgan fingerprint density at radius 2 is 2.18 bits per heavy atom. The van der Waals surface area contributed by atoms with Gasteiger partial charge in [-0.25, -0.2) is 4.68 Å². The summed E-state index contributed by atoms with van der Waals surface area (Å²) in [7, 11) is 0. The number of aryl methyl sites for hydroxylation is 1. The highest BCUT2D eigenvalue weighted by Gasteiger charge is 2.11. The monoisotopic (exact) mass is 301 g/mol. The summed E-state index contributed by atoms with van der Waals surface area (Å²) in [6.07, 6.45) is 4.98. The molecule has 1 unspecified atom stereocenters. The van der Waals surface area contributed by atoms with Crippen molar-refractivity contribution in [1.82, 2.24) is 9.78 Å². The van der Waals surface area contributed by atoms with Crippen LogP contribution in [-0.2, 0) is 6.54 Å². The van der Waals surface area contributed by atoms with Gasteiger partial charge in [-0.15, -0.1) is 0 Å². The van der Waals surface area contributed by atoms with Gasteiger partial charge >= 0.3 is 0 Å². The van der Waals surface area contributed by atoms with Crippen LogP contribution in [0.15, 0.2) is 15.5 Å². The van der Waals surface area contributed by atoms with Crippen molar-refractivity contribution < 1.29 is 0 Å². The fourth-order valence-electron chi connectivity index (χ4n) is 1.74. The van der Waals surface area contributed by atoms with Crippen molar-refractivity contribution in [3.8, 4) is 0 Å². The SMILES string of the molecule is CCCC(CC)Nc1cnn(CC)c(=O)c1Br. The van der Waals surface area contributed by atoms with Crippen LogP contribution in [0.1, 0.15) is 40.0 Å². The van der Waals surface area contributed by atoms with E-state index in [2.05, 4.69) is 40.2 Å². The number of aromatic nitrogens is 2. The highest BCUT2D eigenvalue weighted by atomic mass is 79.9. The summed E-state index contributed by atoms with van der Waals surface area (Å²) >= 11 is 3.34. The zero-order chi connectivity index (χ0) is 12.8. The first-order valence-corrected chi connectivity index (χ1v) is 6.95. The molecule has 1 aromatic heterocycles. The van der Waals surface area contributed by atoms with E-state index >= 15 is 0 Å². The Hall–Kier alpha value is -0.840. The van der Waals surface area contributed by atoms with E-state index in [0.29, 0.717) is 17.1 Å². The zero-order valence-electron chi connectivity index (χ0n) is 10.7. The van der Waals surface area contributed by atoms with Crippen molar-refractivity contribution in [2.24, 2.45) is 0 Å². The van der Waals surface area contributed by atoms with E-state index < -0.39 is 0 Å². The molecule has 0 saturated heterocycles. The van der Waals surface area contributed by atoms with Crippen LogP contribution in [0.4, 0.5) is 5.69 Å². The summed E-state index contributed by atoms with van der Waals surface area (Å²) in [4.78, 5) is 11.9. The molecule has 5 heteroatoms. The van der Waals surface area contributed by atoms with Gasteiger partial charge in [0, 0.05) is 12.6 Å². The minimum Gasteiger partial charge on any atom is -0.380 e. The summed E-state index contributed by atoms with van der Waals surface area (Å²) in [6.45, 7) is 6.79. The van der Waals surface area contributed by atoms with Gasteiger partial charge in [0.1, 0.15) is 4.47 Å². The Bertz CT molecular complexity index is 417. The van der Waals surface area contributed by atoms with Crippen LogP contribution >= 0.6 is 15.9 Å². The Labute approximate surface area is 111 Å². The van der Waals surface area contributed by atoms with E-state index in [-0.39, 0.29) is 5.56 Å². The van der Waals surface area contributed by atoms with Gasteiger partial charge in [-0.05, 0) is 35.7 Å². The lowest BCUT2D eigenvalue weighted by Crippen LogP contribution is -2.26. The molecular weight excluding hydrogens is 282 g/mol. The smallest absolute Gasteiger partial charge is 0.283 e. The number of nitrogens with zero attached hydrogens (tertiary/aromatic N) is 2. The van der Waals surface area contributed by atoms with Gasteiger partial charge in [-0.1, -0.05) is 20.3 Å². The van der Waals surface area contributed by atoms with Crippen molar-refractivity contribution in [1.29, 1.82) is 0 Å². The van der Waals surface area contributed by atoms with Crippen LogP contribution in [0.2, 0.25) is 0 Å². The summed E-state index contributed by atoms with van der Waals surface area (Å²) in [5.74, 6) is 0. The van der Waals surface area contributed by atoms with Crippen LogP contribution in [0.5, 0.6) is 0 Å². The lowest BCUT2D eigenvalue weighted by atomic mass is 10.1. The van der Waals surface area contributed by atoms with Gasteiger partial charge in [0.05, 0.1) is 11.9 Å². The Balaban J connectivity index is 2.92. The number of anilines is 1. The molecule has 1 rings (SSSR count). The fraction of sp³-hybridized carbons (Fsp3) is 0.667. The van der Waals surface area contributed by atoms with Crippen LogP contribution in [0.3, 0.4) is 0 Å². The van der Waals surface area contributed by atoms with E-state index in [0.717, 1.165) is 24.9 Å². The molecule has 1 N–H and O–H groups in total. The van der Waals surface area contributed by atoms with Gasteiger partial charge in [-0.2, -0.15) is 5.10 Å². The maximum atomic E-state index is 11.9. The maximum Gasteiger partial charge on any atom is 0.283 e. The largest absolute Gasteiger partial charge is 0.380 e. The van der Waals surface area contributed by atoms with Gasteiger partial charge in [0.2, 0.25) is 0 Å². The summed E-state index contributed by atoms with van der Waals surface area (Å²) in [6, 6.07) is 0.398. The number of rotatable bonds is 6. The number of nitrogens with one attached hydrogen (secondary N) is 1. The second-order valence-corrected chi connectivity index (χ2v) is 4.82. The molecule has 4 nitrogen and oxygen atoms in total. The molecule has 1 aromatic rings. The molecule has 0 spiro atoms. The highest BCUT2D eigenvalue weighted by molar-refractivity contribution is 9.10. The molecule has 1 heterocycles. The predicted octanol–water partition coefficient (Wildman–Crippen LogP) is 3.02. The molecule has 96 valence electrons. The molecule has 0 aliphatic rings. The lowest BCUT2D eigenvalue weighted by Gasteiger charge is -2.18. The second kappa shape index (κ2) is 6.79.